The van der Waals surface area contributed by atoms with E-state index in [9.17, 15) is 9.59 Å². The molecule has 0 saturated carbocycles. The Labute approximate surface area is 193 Å². The summed E-state index contributed by atoms with van der Waals surface area (Å²) in [7, 11) is 0. The number of thiophene rings is 1. The summed E-state index contributed by atoms with van der Waals surface area (Å²) in [5.74, 6) is 1.59. The zero-order valence-electron chi connectivity index (χ0n) is 19.3. The van der Waals surface area contributed by atoms with Gasteiger partial charge in [-0.1, -0.05) is 6.07 Å². The Morgan fingerprint density at radius 3 is 2.41 bits per heavy atom. The highest BCUT2D eigenvalue weighted by molar-refractivity contribution is 7.09. The minimum Gasteiger partial charge on any atom is -0.466 e. The second kappa shape index (κ2) is 9.46. The fraction of sp³-hybridized carbons (Fsp3) is 0.440. The van der Waals surface area contributed by atoms with Crippen molar-refractivity contribution in [3.05, 3.63) is 68.6 Å². The van der Waals surface area contributed by atoms with Crippen LogP contribution >= 0.6 is 11.3 Å². The lowest BCUT2D eigenvalue weighted by Crippen LogP contribution is -2.50. The van der Waals surface area contributed by atoms with Crippen molar-refractivity contribution in [2.45, 2.75) is 40.7 Å². The largest absolute Gasteiger partial charge is 0.466 e. The zero-order chi connectivity index (χ0) is 22.8. The molecule has 0 N–H and O–H groups in total. The second-order valence-electron chi connectivity index (χ2n) is 8.58. The molecule has 170 valence electrons. The Kier molecular flexibility index (Phi) is 6.67. The maximum absolute atomic E-state index is 13.1. The Morgan fingerprint density at radius 2 is 1.78 bits per heavy atom. The molecule has 0 radical (unpaired) electrons. The van der Waals surface area contributed by atoms with Crippen molar-refractivity contribution < 1.29 is 14.0 Å². The summed E-state index contributed by atoms with van der Waals surface area (Å²) in [6.45, 7) is 11.7. The van der Waals surface area contributed by atoms with Crippen molar-refractivity contribution in [2.75, 3.05) is 32.7 Å². The van der Waals surface area contributed by atoms with Crippen molar-refractivity contribution in [3.8, 4) is 0 Å². The predicted octanol–water partition coefficient (Wildman–Crippen LogP) is 4.26. The molecular formula is C25H31N3O3S. The number of carbonyl (C=O) groups excluding carboxylic acids is 2. The molecule has 4 rings (SSSR count). The van der Waals surface area contributed by atoms with E-state index in [2.05, 4.69) is 33.9 Å². The third-order valence-electron chi connectivity index (χ3n) is 6.33. The van der Waals surface area contributed by atoms with E-state index in [1.54, 1.807) is 11.3 Å². The molecular weight excluding hydrogens is 422 g/mol. The molecule has 1 saturated heterocycles. The molecule has 32 heavy (non-hydrogen) atoms. The molecule has 0 spiro atoms. The minimum atomic E-state index is 0.0135. The topological polar surface area (TPSA) is 58.7 Å². The van der Waals surface area contributed by atoms with Crippen molar-refractivity contribution in [1.29, 1.82) is 0 Å². The van der Waals surface area contributed by atoms with E-state index in [-0.39, 0.29) is 11.7 Å². The maximum atomic E-state index is 13.1. The van der Waals surface area contributed by atoms with Crippen LogP contribution in [0.2, 0.25) is 0 Å². The zero-order valence-corrected chi connectivity index (χ0v) is 20.1. The van der Waals surface area contributed by atoms with Crippen LogP contribution in [0.25, 0.3) is 0 Å². The lowest BCUT2D eigenvalue weighted by molar-refractivity contribution is 0.0623. The van der Waals surface area contributed by atoms with Crippen molar-refractivity contribution in [1.82, 2.24) is 14.4 Å². The monoisotopic (exact) mass is 453 g/mol. The number of rotatable bonds is 7. The highest BCUT2D eigenvalue weighted by Gasteiger charge is 2.26. The molecule has 0 aromatic carbocycles. The first-order chi connectivity index (χ1) is 15.3. The number of hydrogen-bond donors (Lipinski definition) is 0. The summed E-state index contributed by atoms with van der Waals surface area (Å²) in [5.41, 5.74) is 3.63. The van der Waals surface area contributed by atoms with E-state index < -0.39 is 0 Å². The molecule has 7 heteroatoms. The van der Waals surface area contributed by atoms with Gasteiger partial charge in [-0.2, -0.15) is 0 Å². The first-order valence-corrected chi connectivity index (χ1v) is 12.0. The fourth-order valence-corrected chi connectivity index (χ4v) is 5.21. The standard InChI is InChI=1S/C25H31N3O3S/c1-17-14-22(19(3)28(17)8-7-21-6-5-13-32-21)24(29)16-26-9-11-27(12-10-26)25(30)23-15-18(2)31-20(23)4/h5-6,13-15H,7-12,16H2,1-4H3. The van der Waals surface area contributed by atoms with Crippen molar-refractivity contribution in [2.24, 2.45) is 0 Å². The summed E-state index contributed by atoms with van der Waals surface area (Å²) in [6, 6.07) is 8.07. The molecule has 1 aliphatic heterocycles. The summed E-state index contributed by atoms with van der Waals surface area (Å²) in [4.78, 5) is 31.2. The molecule has 1 fully saturated rings. The van der Waals surface area contributed by atoms with E-state index in [1.165, 1.54) is 4.88 Å². The van der Waals surface area contributed by atoms with E-state index in [0.29, 0.717) is 44.0 Å². The molecule has 1 aliphatic rings. The molecule has 0 bridgehead atoms. The van der Waals surface area contributed by atoms with Gasteiger partial charge in [0.05, 0.1) is 12.1 Å². The van der Waals surface area contributed by atoms with E-state index in [1.807, 2.05) is 37.8 Å². The molecule has 4 heterocycles. The lowest BCUT2D eigenvalue weighted by Gasteiger charge is -2.34. The van der Waals surface area contributed by atoms with Crippen LogP contribution < -0.4 is 0 Å². The number of aromatic nitrogens is 1. The average Bonchev–Trinajstić information content (AvgIpc) is 3.47. The van der Waals surface area contributed by atoms with Gasteiger partial charge < -0.3 is 13.9 Å². The summed E-state index contributed by atoms with van der Waals surface area (Å²) in [5, 5.41) is 2.10. The van der Waals surface area contributed by atoms with Gasteiger partial charge in [0.25, 0.3) is 5.91 Å². The van der Waals surface area contributed by atoms with Crippen LogP contribution in [0.4, 0.5) is 0 Å². The van der Waals surface area contributed by atoms with Gasteiger partial charge in [0.2, 0.25) is 0 Å². The number of Topliss-reactive ketones (excluding diaryl/α,β-unsaturated/α-hetero) is 1. The normalized spacial score (nSPS) is 14.8. The van der Waals surface area contributed by atoms with Crippen molar-refractivity contribution >= 4 is 23.0 Å². The first kappa shape index (κ1) is 22.6. The lowest BCUT2D eigenvalue weighted by atomic mass is 10.1. The number of amides is 1. The highest BCUT2D eigenvalue weighted by Crippen LogP contribution is 2.20. The predicted molar refractivity (Wildman–Crippen MR) is 127 cm³/mol. The van der Waals surface area contributed by atoms with E-state index in [4.69, 9.17) is 4.42 Å². The summed E-state index contributed by atoms with van der Waals surface area (Å²) >= 11 is 1.77. The molecule has 0 atom stereocenters. The highest BCUT2D eigenvalue weighted by atomic mass is 32.1. The molecule has 3 aromatic rings. The number of ketones is 1. The SMILES string of the molecule is Cc1cc(C(=O)N2CCN(CC(=O)c3cc(C)n(CCc4cccs4)c3C)CC2)c(C)o1. The van der Waals surface area contributed by atoms with Crippen LogP contribution in [-0.2, 0) is 13.0 Å². The molecule has 0 unspecified atom stereocenters. The van der Waals surface area contributed by atoms with Crippen LogP contribution in [0.15, 0.2) is 34.1 Å². The number of nitrogens with zero attached hydrogens (tertiary/aromatic N) is 3. The van der Waals surface area contributed by atoms with E-state index in [0.717, 1.165) is 35.7 Å². The van der Waals surface area contributed by atoms with Crippen LogP contribution in [0.5, 0.6) is 0 Å². The molecule has 6 nitrogen and oxygen atoms in total. The summed E-state index contributed by atoms with van der Waals surface area (Å²) in [6.07, 6.45) is 0.979. The number of carbonyl (C=O) groups is 2. The fourth-order valence-electron chi connectivity index (χ4n) is 4.52. The van der Waals surface area contributed by atoms with Gasteiger partial charge in [-0.25, -0.2) is 0 Å². The number of aryl methyl sites for hydroxylation is 4. The molecule has 0 aliphatic carbocycles. The third-order valence-corrected chi connectivity index (χ3v) is 7.27. The van der Waals surface area contributed by atoms with Crippen LogP contribution in [0.3, 0.4) is 0 Å². The smallest absolute Gasteiger partial charge is 0.257 e. The maximum Gasteiger partial charge on any atom is 0.257 e. The Hall–Kier alpha value is -2.64. The van der Waals surface area contributed by atoms with Gasteiger partial charge in [-0.15, -0.1) is 11.3 Å². The van der Waals surface area contributed by atoms with Crippen LogP contribution in [-0.4, -0.2) is 58.8 Å². The Balaban J connectivity index is 1.33. The van der Waals surface area contributed by atoms with Crippen LogP contribution in [0, 0.1) is 27.7 Å². The summed E-state index contributed by atoms with van der Waals surface area (Å²) < 4.78 is 7.76. The van der Waals surface area contributed by atoms with Gasteiger partial charge in [0.15, 0.2) is 5.78 Å². The van der Waals surface area contributed by atoms with Gasteiger partial charge in [0.1, 0.15) is 11.5 Å². The van der Waals surface area contributed by atoms with Gasteiger partial charge in [0, 0.05) is 54.6 Å². The number of piperazine rings is 1. The van der Waals surface area contributed by atoms with Crippen molar-refractivity contribution in [3.63, 3.8) is 0 Å². The number of hydrogen-bond acceptors (Lipinski definition) is 5. The first-order valence-electron chi connectivity index (χ1n) is 11.1. The van der Waals surface area contributed by atoms with Crippen LogP contribution in [0.1, 0.15) is 48.5 Å². The van der Waals surface area contributed by atoms with E-state index >= 15 is 0 Å². The minimum absolute atomic E-state index is 0.0135. The number of furan rings is 1. The van der Waals surface area contributed by atoms with Gasteiger partial charge in [-0.3, -0.25) is 14.5 Å². The van der Waals surface area contributed by atoms with Gasteiger partial charge >= 0.3 is 0 Å². The van der Waals surface area contributed by atoms with Gasteiger partial charge in [-0.05, 0) is 57.7 Å². The molecule has 3 aromatic heterocycles. The third kappa shape index (κ3) is 4.74. The second-order valence-corrected chi connectivity index (χ2v) is 9.62. The quantitative estimate of drug-likeness (QED) is 0.502. The molecule has 1 amide bonds. The Morgan fingerprint density at radius 1 is 1.03 bits per heavy atom. The average molecular weight is 454 g/mol. The Bertz CT molecular complexity index is 1100.